The molecule has 4 unspecified atom stereocenters. The van der Waals surface area contributed by atoms with Crippen molar-refractivity contribution in [3.05, 3.63) is 33.8 Å². The van der Waals surface area contributed by atoms with Gasteiger partial charge in [-0.1, -0.05) is 61.0 Å². The standard InChI is InChI=1S/C17H23Cl2N/c18-15-7-3-6-14(16(15)19)17(20)13-9-8-11-4-1-2-5-12(11)10-13/h3,6-7,11-13,17H,1-2,4-5,8-10,20H2. The molecule has 1 aromatic carbocycles. The Morgan fingerprint density at radius 1 is 1.00 bits per heavy atom. The lowest BCUT2D eigenvalue weighted by Gasteiger charge is -2.41. The first-order chi connectivity index (χ1) is 9.66. The quantitative estimate of drug-likeness (QED) is 0.756. The van der Waals surface area contributed by atoms with Gasteiger partial charge in [0.05, 0.1) is 10.0 Å². The molecule has 1 nitrogen and oxygen atoms in total. The van der Waals surface area contributed by atoms with E-state index in [9.17, 15) is 0 Å². The monoisotopic (exact) mass is 311 g/mol. The highest BCUT2D eigenvalue weighted by Crippen LogP contribution is 2.46. The van der Waals surface area contributed by atoms with Gasteiger partial charge in [-0.2, -0.15) is 0 Å². The fraction of sp³-hybridized carbons (Fsp3) is 0.647. The summed E-state index contributed by atoms with van der Waals surface area (Å²) in [7, 11) is 0. The van der Waals surface area contributed by atoms with Gasteiger partial charge in [-0.25, -0.2) is 0 Å². The van der Waals surface area contributed by atoms with Crippen molar-refractivity contribution in [2.75, 3.05) is 0 Å². The number of halogens is 2. The Bertz CT molecular complexity index is 474. The van der Waals surface area contributed by atoms with Crippen molar-refractivity contribution in [1.29, 1.82) is 0 Å². The predicted molar refractivity (Wildman–Crippen MR) is 86.2 cm³/mol. The zero-order valence-corrected chi connectivity index (χ0v) is 13.3. The smallest absolute Gasteiger partial charge is 0.0640 e. The van der Waals surface area contributed by atoms with E-state index in [4.69, 9.17) is 28.9 Å². The molecule has 110 valence electrons. The molecule has 3 rings (SSSR count). The van der Waals surface area contributed by atoms with Crippen LogP contribution in [-0.2, 0) is 0 Å². The minimum absolute atomic E-state index is 0.0316. The van der Waals surface area contributed by atoms with Crippen molar-refractivity contribution in [1.82, 2.24) is 0 Å². The molecule has 0 bridgehead atoms. The summed E-state index contributed by atoms with van der Waals surface area (Å²) in [5, 5.41) is 1.26. The topological polar surface area (TPSA) is 26.0 Å². The third-order valence-corrected chi connectivity index (χ3v) is 6.26. The first kappa shape index (κ1) is 14.7. The third-order valence-electron chi connectivity index (χ3n) is 5.43. The van der Waals surface area contributed by atoms with Gasteiger partial charge in [0.2, 0.25) is 0 Å². The second-order valence-electron chi connectivity index (χ2n) is 6.55. The zero-order valence-electron chi connectivity index (χ0n) is 11.8. The molecule has 0 radical (unpaired) electrons. The van der Waals surface area contributed by atoms with E-state index in [-0.39, 0.29) is 6.04 Å². The van der Waals surface area contributed by atoms with Crippen molar-refractivity contribution < 1.29 is 0 Å². The molecule has 3 heteroatoms. The molecule has 2 fully saturated rings. The minimum atomic E-state index is 0.0316. The third kappa shape index (κ3) is 2.86. The van der Waals surface area contributed by atoms with E-state index >= 15 is 0 Å². The molecular weight excluding hydrogens is 289 g/mol. The highest BCUT2D eigenvalue weighted by molar-refractivity contribution is 6.42. The van der Waals surface area contributed by atoms with Gasteiger partial charge < -0.3 is 5.73 Å². The molecule has 2 aliphatic rings. The van der Waals surface area contributed by atoms with Crippen molar-refractivity contribution in [2.24, 2.45) is 23.5 Å². The fourth-order valence-electron chi connectivity index (χ4n) is 4.27. The van der Waals surface area contributed by atoms with Crippen LogP contribution >= 0.6 is 23.2 Å². The molecule has 0 spiro atoms. The molecule has 0 aromatic heterocycles. The van der Waals surface area contributed by atoms with E-state index in [1.807, 2.05) is 18.2 Å². The Balaban J connectivity index is 1.74. The summed E-state index contributed by atoms with van der Waals surface area (Å²) in [6.45, 7) is 0. The molecule has 0 aliphatic heterocycles. The molecular formula is C17H23Cl2N. The molecule has 0 heterocycles. The Morgan fingerprint density at radius 3 is 2.55 bits per heavy atom. The zero-order chi connectivity index (χ0) is 14.1. The minimum Gasteiger partial charge on any atom is -0.324 e. The lowest BCUT2D eigenvalue weighted by Crippen LogP contribution is -2.33. The summed E-state index contributed by atoms with van der Waals surface area (Å²) in [6.07, 6.45) is 9.53. The van der Waals surface area contributed by atoms with Gasteiger partial charge >= 0.3 is 0 Å². The highest BCUT2D eigenvalue weighted by atomic mass is 35.5. The summed E-state index contributed by atoms with van der Waals surface area (Å²) in [5.41, 5.74) is 7.54. The molecule has 2 saturated carbocycles. The van der Waals surface area contributed by atoms with E-state index in [1.165, 1.54) is 44.9 Å². The van der Waals surface area contributed by atoms with E-state index in [0.717, 1.165) is 17.4 Å². The van der Waals surface area contributed by atoms with Crippen LogP contribution in [0.15, 0.2) is 18.2 Å². The molecule has 1 aromatic rings. The lowest BCUT2D eigenvalue weighted by molar-refractivity contribution is 0.117. The van der Waals surface area contributed by atoms with Crippen molar-refractivity contribution >= 4 is 23.2 Å². The fourth-order valence-corrected chi connectivity index (χ4v) is 4.70. The summed E-state index contributed by atoms with van der Waals surface area (Å²) >= 11 is 12.5. The van der Waals surface area contributed by atoms with E-state index in [1.54, 1.807) is 0 Å². The van der Waals surface area contributed by atoms with Crippen LogP contribution in [0.3, 0.4) is 0 Å². The van der Waals surface area contributed by atoms with Crippen LogP contribution in [-0.4, -0.2) is 0 Å². The molecule has 20 heavy (non-hydrogen) atoms. The van der Waals surface area contributed by atoms with Gasteiger partial charge in [-0.05, 0) is 48.6 Å². The first-order valence-electron chi connectivity index (χ1n) is 7.86. The van der Waals surface area contributed by atoms with Crippen molar-refractivity contribution in [2.45, 2.75) is 51.0 Å². The van der Waals surface area contributed by atoms with Crippen LogP contribution in [0.25, 0.3) is 0 Å². The van der Waals surface area contributed by atoms with E-state index in [2.05, 4.69) is 0 Å². The van der Waals surface area contributed by atoms with Gasteiger partial charge in [0.1, 0.15) is 0 Å². The Labute approximate surface area is 131 Å². The van der Waals surface area contributed by atoms with Crippen LogP contribution in [0.1, 0.15) is 56.6 Å². The van der Waals surface area contributed by atoms with Crippen molar-refractivity contribution in [3.63, 3.8) is 0 Å². The summed E-state index contributed by atoms with van der Waals surface area (Å²) in [4.78, 5) is 0. The van der Waals surface area contributed by atoms with Crippen LogP contribution in [0, 0.1) is 17.8 Å². The molecule has 0 amide bonds. The number of nitrogens with two attached hydrogens (primary N) is 1. The first-order valence-corrected chi connectivity index (χ1v) is 8.62. The average Bonchev–Trinajstić information content (AvgIpc) is 2.49. The predicted octanol–water partition coefficient (Wildman–Crippen LogP) is 5.60. The van der Waals surface area contributed by atoms with Crippen LogP contribution in [0.4, 0.5) is 0 Å². The molecule has 4 atom stereocenters. The van der Waals surface area contributed by atoms with E-state index < -0.39 is 0 Å². The largest absolute Gasteiger partial charge is 0.324 e. The highest BCUT2D eigenvalue weighted by Gasteiger charge is 2.35. The summed E-state index contributed by atoms with van der Waals surface area (Å²) < 4.78 is 0. The van der Waals surface area contributed by atoms with Crippen molar-refractivity contribution in [3.8, 4) is 0 Å². The number of fused-ring (bicyclic) bond motifs is 1. The lowest BCUT2D eigenvalue weighted by atomic mass is 9.65. The van der Waals surface area contributed by atoms with E-state index in [0.29, 0.717) is 16.0 Å². The summed E-state index contributed by atoms with van der Waals surface area (Å²) in [6, 6.07) is 5.85. The molecule has 2 aliphatic carbocycles. The Hall–Kier alpha value is -0.240. The summed E-state index contributed by atoms with van der Waals surface area (Å²) in [5.74, 6) is 2.42. The van der Waals surface area contributed by atoms with Crippen LogP contribution < -0.4 is 5.73 Å². The maximum Gasteiger partial charge on any atom is 0.0640 e. The van der Waals surface area contributed by atoms with Gasteiger partial charge in [0, 0.05) is 6.04 Å². The van der Waals surface area contributed by atoms with Gasteiger partial charge in [0.15, 0.2) is 0 Å². The SMILES string of the molecule is NC(c1cccc(Cl)c1Cl)C1CCC2CCCCC2C1. The van der Waals surface area contributed by atoms with Gasteiger partial charge in [-0.15, -0.1) is 0 Å². The second-order valence-corrected chi connectivity index (χ2v) is 7.33. The Morgan fingerprint density at radius 2 is 1.75 bits per heavy atom. The van der Waals surface area contributed by atoms with Gasteiger partial charge in [-0.3, -0.25) is 0 Å². The maximum absolute atomic E-state index is 6.52. The maximum atomic E-state index is 6.52. The number of hydrogen-bond acceptors (Lipinski definition) is 1. The molecule has 2 N–H and O–H groups in total. The number of hydrogen-bond donors (Lipinski definition) is 1. The normalized spacial score (nSPS) is 31.6. The van der Waals surface area contributed by atoms with Gasteiger partial charge in [0.25, 0.3) is 0 Å². The Kier molecular flexibility index (Phi) is 4.59. The second kappa shape index (κ2) is 6.25. The average molecular weight is 312 g/mol. The molecule has 0 saturated heterocycles. The van der Waals surface area contributed by atoms with Crippen LogP contribution in [0.5, 0.6) is 0 Å². The number of benzene rings is 1. The number of rotatable bonds is 2. The van der Waals surface area contributed by atoms with Crippen LogP contribution in [0.2, 0.25) is 10.0 Å².